The van der Waals surface area contributed by atoms with E-state index in [0.717, 1.165) is 29.9 Å². The Morgan fingerprint density at radius 3 is 2.71 bits per heavy atom. The fourth-order valence-electron chi connectivity index (χ4n) is 5.01. The summed E-state index contributed by atoms with van der Waals surface area (Å²) in [5, 5.41) is 5.66. The summed E-state index contributed by atoms with van der Waals surface area (Å²) in [7, 11) is 0. The normalized spacial score (nSPS) is 20.1. The highest BCUT2D eigenvalue weighted by molar-refractivity contribution is 6.07. The van der Waals surface area contributed by atoms with E-state index in [2.05, 4.69) is 20.2 Å². The predicted molar refractivity (Wildman–Crippen MR) is 123 cm³/mol. The number of hydrogen-bond donors (Lipinski definition) is 2. The molecule has 9 nitrogen and oxygen atoms in total. The molecule has 35 heavy (non-hydrogen) atoms. The third-order valence-corrected chi connectivity index (χ3v) is 7.14. The molecule has 1 saturated carbocycles. The van der Waals surface area contributed by atoms with Gasteiger partial charge in [-0.25, -0.2) is 9.37 Å². The van der Waals surface area contributed by atoms with Gasteiger partial charge in [0.25, 0.3) is 11.8 Å². The number of nitrogens with one attached hydrogen (secondary N) is 2. The van der Waals surface area contributed by atoms with Crippen molar-refractivity contribution >= 4 is 40.3 Å². The van der Waals surface area contributed by atoms with E-state index in [9.17, 15) is 23.6 Å². The molecule has 10 heteroatoms. The number of aromatic nitrogens is 2. The van der Waals surface area contributed by atoms with E-state index in [4.69, 9.17) is 0 Å². The molecule has 4 heterocycles. The Labute approximate surface area is 199 Å². The highest BCUT2D eigenvalue weighted by Gasteiger charge is 2.39. The minimum absolute atomic E-state index is 0.0567. The van der Waals surface area contributed by atoms with Gasteiger partial charge >= 0.3 is 0 Å². The van der Waals surface area contributed by atoms with Crippen LogP contribution in [0.2, 0.25) is 0 Å². The second-order valence-electron chi connectivity index (χ2n) is 9.29. The molecule has 1 unspecified atom stereocenters. The monoisotopic (exact) mass is 475 g/mol. The van der Waals surface area contributed by atoms with Crippen LogP contribution in [0.1, 0.15) is 64.4 Å². The van der Waals surface area contributed by atoms with Crippen LogP contribution in [0, 0.1) is 5.82 Å². The van der Waals surface area contributed by atoms with Gasteiger partial charge in [0.15, 0.2) is 0 Å². The van der Waals surface area contributed by atoms with E-state index in [1.165, 1.54) is 23.6 Å². The number of anilines is 1. The largest absolute Gasteiger partial charge is 0.329 e. The van der Waals surface area contributed by atoms with Gasteiger partial charge in [0.1, 0.15) is 17.5 Å². The summed E-state index contributed by atoms with van der Waals surface area (Å²) in [5.41, 5.74) is 1.71. The first-order valence-electron chi connectivity index (χ1n) is 11.6. The molecule has 6 rings (SSSR count). The maximum Gasteiger partial charge on any atom is 0.257 e. The van der Waals surface area contributed by atoms with Gasteiger partial charge in [0.2, 0.25) is 11.8 Å². The van der Waals surface area contributed by atoms with Crippen LogP contribution in [0.4, 0.5) is 10.1 Å². The third-order valence-electron chi connectivity index (χ3n) is 7.14. The van der Waals surface area contributed by atoms with E-state index >= 15 is 0 Å². The molecule has 1 saturated heterocycles. The van der Waals surface area contributed by atoms with Crippen LogP contribution in [0.3, 0.4) is 0 Å². The SMILES string of the molecule is O=C1CCC(N2Cc3cc(NC(=O)c4cnc5c(ccn5C5CCC5)c4)c(F)cc3C2=O)C(=O)N1. The van der Waals surface area contributed by atoms with Gasteiger partial charge in [0, 0.05) is 42.4 Å². The van der Waals surface area contributed by atoms with Gasteiger partial charge in [-0.05, 0) is 55.5 Å². The summed E-state index contributed by atoms with van der Waals surface area (Å²) in [5.74, 6) is -2.65. The molecule has 1 aliphatic carbocycles. The predicted octanol–water partition coefficient (Wildman–Crippen LogP) is 2.91. The topological polar surface area (TPSA) is 113 Å². The molecule has 0 radical (unpaired) electrons. The smallest absolute Gasteiger partial charge is 0.257 e. The summed E-state index contributed by atoms with van der Waals surface area (Å²) >= 11 is 0. The molecule has 178 valence electrons. The van der Waals surface area contributed by atoms with Crippen LogP contribution in [0.25, 0.3) is 11.0 Å². The number of nitrogens with zero attached hydrogens (tertiary/aromatic N) is 3. The Morgan fingerprint density at radius 1 is 1.14 bits per heavy atom. The number of halogens is 1. The van der Waals surface area contributed by atoms with Gasteiger partial charge in [-0.3, -0.25) is 24.5 Å². The van der Waals surface area contributed by atoms with Crippen molar-refractivity contribution in [2.75, 3.05) is 5.32 Å². The van der Waals surface area contributed by atoms with Crippen LogP contribution in [0.15, 0.2) is 36.7 Å². The lowest BCUT2D eigenvalue weighted by Gasteiger charge is -2.29. The molecule has 2 aromatic heterocycles. The third kappa shape index (κ3) is 3.56. The second-order valence-corrected chi connectivity index (χ2v) is 9.29. The Bertz CT molecular complexity index is 1430. The molecule has 2 fully saturated rings. The zero-order chi connectivity index (χ0) is 24.3. The van der Waals surface area contributed by atoms with Crippen LogP contribution in [-0.4, -0.2) is 44.1 Å². The summed E-state index contributed by atoms with van der Waals surface area (Å²) < 4.78 is 17.0. The molecule has 3 aliphatic rings. The van der Waals surface area contributed by atoms with Gasteiger partial charge in [-0.15, -0.1) is 0 Å². The van der Waals surface area contributed by atoms with Crippen molar-refractivity contribution in [3.8, 4) is 0 Å². The van der Waals surface area contributed by atoms with E-state index in [1.54, 1.807) is 6.07 Å². The van der Waals surface area contributed by atoms with Crippen LogP contribution in [0.5, 0.6) is 0 Å². The average molecular weight is 475 g/mol. The number of hydrogen-bond acceptors (Lipinski definition) is 5. The van der Waals surface area contributed by atoms with Crippen LogP contribution >= 0.6 is 0 Å². The molecular weight excluding hydrogens is 453 g/mol. The number of pyridine rings is 1. The molecular formula is C25H22FN5O4. The van der Waals surface area contributed by atoms with E-state index < -0.39 is 29.6 Å². The number of amides is 4. The van der Waals surface area contributed by atoms with Gasteiger partial charge in [0.05, 0.1) is 11.3 Å². The van der Waals surface area contributed by atoms with Crippen molar-refractivity contribution in [2.24, 2.45) is 0 Å². The molecule has 1 aromatic carbocycles. The maximum atomic E-state index is 14.9. The summed E-state index contributed by atoms with van der Waals surface area (Å²) in [6.07, 6.45) is 7.25. The first-order valence-corrected chi connectivity index (χ1v) is 11.6. The van der Waals surface area contributed by atoms with Gasteiger partial charge < -0.3 is 14.8 Å². The van der Waals surface area contributed by atoms with Crippen molar-refractivity contribution in [1.29, 1.82) is 0 Å². The number of fused-ring (bicyclic) bond motifs is 2. The lowest BCUT2D eigenvalue weighted by atomic mass is 9.93. The van der Waals surface area contributed by atoms with Crippen molar-refractivity contribution in [3.63, 3.8) is 0 Å². The molecule has 4 amide bonds. The quantitative estimate of drug-likeness (QED) is 0.564. The second kappa shape index (κ2) is 8.00. The van der Waals surface area contributed by atoms with Crippen molar-refractivity contribution < 1.29 is 23.6 Å². The van der Waals surface area contributed by atoms with E-state index in [0.29, 0.717) is 17.2 Å². The molecule has 0 spiro atoms. The highest BCUT2D eigenvalue weighted by atomic mass is 19.1. The van der Waals surface area contributed by atoms with E-state index in [-0.39, 0.29) is 36.5 Å². The van der Waals surface area contributed by atoms with Crippen molar-refractivity contribution in [1.82, 2.24) is 19.8 Å². The number of carbonyl (C=O) groups is 4. The lowest BCUT2D eigenvalue weighted by Crippen LogP contribution is -2.52. The van der Waals surface area contributed by atoms with Gasteiger partial charge in [-0.1, -0.05) is 0 Å². The minimum atomic E-state index is -0.793. The number of imide groups is 1. The lowest BCUT2D eigenvalue weighted by molar-refractivity contribution is -0.136. The average Bonchev–Trinajstić information content (AvgIpc) is 3.34. The fourth-order valence-corrected chi connectivity index (χ4v) is 5.01. The zero-order valence-corrected chi connectivity index (χ0v) is 18.7. The Hall–Kier alpha value is -4.08. The molecule has 0 bridgehead atoms. The zero-order valence-electron chi connectivity index (χ0n) is 18.7. The molecule has 1 atom stereocenters. The van der Waals surface area contributed by atoms with Crippen molar-refractivity contribution in [3.05, 3.63) is 59.2 Å². The minimum Gasteiger partial charge on any atom is -0.329 e. The van der Waals surface area contributed by atoms with Gasteiger partial charge in [-0.2, -0.15) is 0 Å². The maximum absolute atomic E-state index is 14.9. The molecule has 2 N–H and O–H groups in total. The number of benzene rings is 1. The first-order chi connectivity index (χ1) is 16.9. The first kappa shape index (κ1) is 21.5. The molecule has 2 aliphatic heterocycles. The summed E-state index contributed by atoms with van der Waals surface area (Å²) in [6, 6.07) is 5.81. The molecule has 3 aromatic rings. The Balaban J connectivity index is 1.22. The van der Waals surface area contributed by atoms with Crippen LogP contribution in [-0.2, 0) is 16.1 Å². The van der Waals surface area contributed by atoms with E-state index in [1.807, 2.05) is 12.3 Å². The summed E-state index contributed by atoms with van der Waals surface area (Å²) in [4.78, 5) is 55.2. The Morgan fingerprint density at radius 2 is 1.97 bits per heavy atom. The standard InChI is InChI=1S/C25H22FN5O4/c26-18-10-17-15(12-31(25(17)35)20-4-5-21(32)29-24(20)34)9-19(18)28-23(33)14-8-13-6-7-30(16-2-1-3-16)22(13)27-11-14/h6-11,16,20H,1-5,12H2,(H,28,33)(H,29,32,34). The Kier molecular flexibility index (Phi) is 4.91. The van der Waals surface area contributed by atoms with Crippen LogP contribution < -0.4 is 10.6 Å². The fraction of sp³-hybridized carbons (Fsp3) is 0.320. The summed E-state index contributed by atoms with van der Waals surface area (Å²) in [6.45, 7) is 0.0891. The number of carbonyl (C=O) groups excluding carboxylic acids is 4. The number of rotatable bonds is 4. The van der Waals surface area contributed by atoms with Crippen molar-refractivity contribution in [2.45, 2.75) is 50.7 Å². The highest BCUT2D eigenvalue weighted by Crippen LogP contribution is 2.34. The number of piperidine rings is 1.